The van der Waals surface area contributed by atoms with Gasteiger partial charge in [0.1, 0.15) is 11.5 Å². The van der Waals surface area contributed by atoms with E-state index in [1.165, 1.54) is 19.2 Å². The van der Waals surface area contributed by atoms with Crippen molar-refractivity contribution in [3.63, 3.8) is 0 Å². The molecule has 0 unspecified atom stereocenters. The first-order valence-corrected chi connectivity index (χ1v) is 11.9. The van der Waals surface area contributed by atoms with E-state index in [9.17, 15) is 18.3 Å². The van der Waals surface area contributed by atoms with Crippen molar-refractivity contribution in [1.82, 2.24) is 15.1 Å². The van der Waals surface area contributed by atoms with Crippen LogP contribution in [0.5, 0.6) is 11.5 Å². The van der Waals surface area contributed by atoms with E-state index in [1.54, 1.807) is 48.8 Å². The van der Waals surface area contributed by atoms with Gasteiger partial charge in [0.25, 0.3) is 10.0 Å². The largest absolute Gasteiger partial charge is 0.506 e. The molecule has 11 nitrogen and oxygen atoms in total. The molecule has 0 aliphatic rings. The highest BCUT2D eigenvalue weighted by Gasteiger charge is 2.19. The highest BCUT2D eigenvalue weighted by Crippen LogP contribution is 2.30. The second kappa shape index (κ2) is 10.2. The number of anilines is 2. The van der Waals surface area contributed by atoms with Crippen LogP contribution in [0.25, 0.3) is 11.4 Å². The van der Waals surface area contributed by atoms with Crippen LogP contribution < -0.4 is 14.8 Å². The predicted molar refractivity (Wildman–Crippen MR) is 126 cm³/mol. The first-order valence-electron chi connectivity index (χ1n) is 10.4. The Morgan fingerprint density at radius 2 is 1.94 bits per heavy atom. The lowest BCUT2D eigenvalue weighted by Crippen LogP contribution is -2.16. The number of sulfonamides is 1. The third kappa shape index (κ3) is 5.73. The fraction of sp³-hybridized carbons (Fsp3) is 0.130. The van der Waals surface area contributed by atoms with Crippen molar-refractivity contribution >= 4 is 27.3 Å². The number of amides is 1. The van der Waals surface area contributed by atoms with Gasteiger partial charge in [-0.3, -0.25) is 14.5 Å². The number of carbonyl (C=O) groups is 1. The van der Waals surface area contributed by atoms with Crippen LogP contribution in [0.15, 0.2) is 76.4 Å². The number of carbonyl (C=O) groups excluding carboxylic acids is 1. The fourth-order valence-electron chi connectivity index (χ4n) is 3.12. The summed E-state index contributed by atoms with van der Waals surface area (Å²) in [7, 11) is -2.60. The fourth-order valence-corrected chi connectivity index (χ4v) is 4.21. The van der Waals surface area contributed by atoms with E-state index in [1.807, 2.05) is 0 Å². The average Bonchev–Trinajstić information content (AvgIpc) is 3.34. The van der Waals surface area contributed by atoms with E-state index in [-0.39, 0.29) is 40.8 Å². The van der Waals surface area contributed by atoms with Crippen molar-refractivity contribution < 1.29 is 27.6 Å². The van der Waals surface area contributed by atoms with Crippen LogP contribution in [0.2, 0.25) is 0 Å². The van der Waals surface area contributed by atoms with Crippen LogP contribution in [0.3, 0.4) is 0 Å². The van der Waals surface area contributed by atoms with Gasteiger partial charge in [0.05, 0.1) is 23.4 Å². The Bertz CT molecular complexity index is 1440. The van der Waals surface area contributed by atoms with Gasteiger partial charge in [-0.2, -0.15) is 4.98 Å². The molecule has 180 valence electrons. The molecular weight excluding hydrogens is 474 g/mol. The van der Waals surface area contributed by atoms with Gasteiger partial charge in [0.15, 0.2) is 0 Å². The van der Waals surface area contributed by atoms with Crippen LogP contribution >= 0.6 is 0 Å². The van der Waals surface area contributed by atoms with Crippen LogP contribution in [0.4, 0.5) is 11.4 Å². The molecule has 0 aliphatic carbocycles. The van der Waals surface area contributed by atoms with E-state index in [4.69, 9.17) is 9.26 Å². The van der Waals surface area contributed by atoms with Gasteiger partial charge < -0.3 is 19.7 Å². The summed E-state index contributed by atoms with van der Waals surface area (Å²) >= 11 is 0. The zero-order valence-electron chi connectivity index (χ0n) is 18.5. The van der Waals surface area contributed by atoms with Crippen molar-refractivity contribution in [2.75, 3.05) is 17.1 Å². The number of nitrogens with one attached hydrogen (secondary N) is 2. The third-order valence-electron chi connectivity index (χ3n) is 4.86. The lowest BCUT2D eigenvalue weighted by molar-refractivity contribution is -0.116. The molecule has 4 aromatic rings. The molecule has 0 saturated carbocycles. The van der Waals surface area contributed by atoms with E-state index in [0.717, 1.165) is 6.07 Å². The number of para-hydroxylation sites is 2. The van der Waals surface area contributed by atoms with Crippen molar-refractivity contribution in [1.29, 1.82) is 0 Å². The number of hydrogen-bond donors (Lipinski definition) is 3. The smallest absolute Gasteiger partial charge is 0.262 e. The summed E-state index contributed by atoms with van der Waals surface area (Å²) in [4.78, 5) is 20.5. The molecule has 0 radical (unpaired) electrons. The van der Waals surface area contributed by atoms with Gasteiger partial charge in [-0.05, 0) is 42.5 Å². The maximum absolute atomic E-state index is 12.9. The number of hydrogen-bond acceptors (Lipinski definition) is 9. The first kappa shape index (κ1) is 23.7. The number of nitrogens with zero attached hydrogens (tertiary/aromatic N) is 3. The number of benzene rings is 2. The highest BCUT2D eigenvalue weighted by molar-refractivity contribution is 7.92. The van der Waals surface area contributed by atoms with E-state index < -0.39 is 15.9 Å². The van der Waals surface area contributed by atoms with Crippen molar-refractivity contribution in [2.24, 2.45) is 0 Å². The molecule has 0 bridgehead atoms. The van der Waals surface area contributed by atoms with Gasteiger partial charge in [0.2, 0.25) is 17.6 Å². The minimum absolute atomic E-state index is 0.0371. The Hall–Kier alpha value is -4.45. The van der Waals surface area contributed by atoms with Gasteiger partial charge in [-0.25, -0.2) is 8.42 Å². The SMILES string of the molecule is COc1ccccc1NS(=O)(=O)c1ccc(O)c(NC(=O)CCc2nc(-c3cccnc3)no2)c1. The molecule has 2 aromatic carbocycles. The first-order chi connectivity index (χ1) is 16.9. The number of aromatic nitrogens is 3. The standard InChI is InChI=1S/C23H21N5O6S/c1-33-20-7-3-2-6-17(20)28-35(31,32)16-8-9-19(29)18(13-16)25-21(30)10-11-22-26-23(27-34-22)15-5-4-12-24-14-15/h2-9,12-14,28-29H,10-11H2,1H3,(H,25,30). The molecular formula is C23H21N5O6S. The van der Waals surface area contributed by atoms with Gasteiger partial charge in [-0.1, -0.05) is 17.3 Å². The highest BCUT2D eigenvalue weighted by atomic mass is 32.2. The van der Waals surface area contributed by atoms with E-state index in [0.29, 0.717) is 17.1 Å². The topological polar surface area (TPSA) is 157 Å². The summed E-state index contributed by atoms with van der Waals surface area (Å²) in [6.45, 7) is 0. The lowest BCUT2D eigenvalue weighted by Gasteiger charge is -2.13. The Morgan fingerprint density at radius 1 is 1.11 bits per heavy atom. The number of methoxy groups -OCH3 is 1. The number of aryl methyl sites for hydroxylation is 1. The molecule has 35 heavy (non-hydrogen) atoms. The average molecular weight is 496 g/mol. The van der Waals surface area contributed by atoms with Crippen molar-refractivity contribution in [3.8, 4) is 22.9 Å². The number of rotatable bonds is 9. The normalized spacial score (nSPS) is 11.1. The Morgan fingerprint density at radius 3 is 2.71 bits per heavy atom. The lowest BCUT2D eigenvalue weighted by atomic mass is 10.2. The summed E-state index contributed by atoms with van der Waals surface area (Å²) in [5.74, 6) is 0.183. The number of pyridine rings is 1. The van der Waals surface area contributed by atoms with E-state index in [2.05, 4.69) is 25.2 Å². The second-order valence-corrected chi connectivity index (χ2v) is 8.97. The summed E-state index contributed by atoms with van der Waals surface area (Å²) < 4.78 is 38.5. The van der Waals surface area contributed by atoms with Gasteiger partial charge in [-0.15, -0.1) is 0 Å². The molecule has 12 heteroatoms. The minimum atomic E-state index is -4.03. The molecule has 0 atom stereocenters. The molecule has 0 aliphatic heterocycles. The second-order valence-electron chi connectivity index (χ2n) is 7.29. The number of phenolic OH excluding ortho intramolecular Hbond substituents is 1. The molecule has 1 amide bonds. The quantitative estimate of drug-likeness (QED) is 0.297. The molecule has 0 saturated heterocycles. The molecule has 2 aromatic heterocycles. The zero-order chi connectivity index (χ0) is 24.8. The zero-order valence-corrected chi connectivity index (χ0v) is 19.3. The maximum atomic E-state index is 12.9. The molecule has 0 fully saturated rings. The Balaban J connectivity index is 1.42. The van der Waals surface area contributed by atoms with Crippen LogP contribution in [0.1, 0.15) is 12.3 Å². The molecule has 3 N–H and O–H groups in total. The Kier molecular flexibility index (Phi) is 6.92. The van der Waals surface area contributed by atoms with Crippen LogP contribution in [-0.4, -0.2) is 41.7 Å². The summed E-state index contributed by atoms with van der Waals surface area (Å²) in [6.07, 6.45) is 3.32. The minimum Gasteiger partial charge on any atom is -0.506 e. The predicted octanol–water partition coefficient (Wildman–Crippen LogP) is 3.22. The molecule has 0 spiro atoms. The molecule has 2 heterocycles. The third-order valence-corrected chi connectivity index (χ3v) is 6.22. The van der Waals surface area contributed by atoms with Crippen LogP contribution in [0, 0.1) is 0 Å². The van der Waals surface area contributed by atoms with Gasteiger partial charge in [0, 0.05) is 30.8 Å². The number of phenols is 1. The monoisotopic (exact) mass is 495 g/mol. The van der Waals surface area contributed by atoms with E-state index >= 15 is 0 Å². The summed E-state index contributed by atoms with van der Waals surface area (Å²) in [6, 6.07) is 13.6. The number of ether oxygens (including phenoxy) is 1. The van der Waals surface area contributed by atoms with Gasteiger partial charge >= 0.3 is 0 Å². The van der Waals surface area contributed by atoms with Crippen molar-refractivity contribution in [3.05, 3.63) is 72.9 Å². The molecule has 4 rings (SSSR count). The van der Waals surface area contributed by atoms with Crippen molar-refractivity contribution in [2.45, 2.75) is 17.7 Å². The number of aromatic hydroxyl groups is 1. The Labute approximate surface area is 200 Å². The summed E-state index contributed by atoms with van der Waals surface area (Å²) in [5.41, 5.74) is 0.870. The van der Waals surface area contributed by atoms with Crippen LogP contribution in [-0.2, 0) is 21.2 Å². The maximum Gasteiger partial charge on any atom is 0.262 e. The summed E-state index contributed by atoms with van der Waals surface area (Å²) in [5, 5.41) is 16.5.